The van der Waals surface area contributed by atoms with E-state index in [1.165, 1.54) is 0 Å². The van der Waals surface area contributed by atoms with Gasteiger partial charge in [0.05, 0.1) is 12.7 Å². The molecular weight excluding hydrogens is 184 g/mol. The molecule has 0 radical (unpaired) electrons. The summed E-state index contributed by atoms with van der Waals surface area (Å²) < 4.78 is 9.67. The maximum absolute atomic E-state index is 11.1. The molecule has 0 saturated carbocycles. The van der Waals surface area contributed by atoms with Gasteiger partial charge in [-0.3, -0.25) is 9.59 Å². The molecule has 0 aliphatic heterocycles. The van der Waals surface area contributed by atoms with Crippen LogP contribution in [0.3, 0.4) is 0 Å². The van der Waals surface area contributed by atoms with Crippen LogP contribution in [0.25, 0.3) is 0 Å². The molecule has 14 heavy (non-hydrogen) atoms. The molecule has 0 amide bonds. The van der Waals surface area contributed by atoms with Crippen LogP contribution in [0.1, 0.15) is 20.3 Å². The zero-order valence-corrected chi connectivity index (χ0v) is 8.62. The van der Waals surface area contributed by atoms with Crippen LogP contribution in [0.5, 0.6) is 0 Å². The molecule has 0 aromatic carbocycles. The average Bonchev–Trinajstić information content (AvgIpc) is 2.14. The second-order valence-corrected chi connectivity index (χ2v) is 2.77. The molecule has 1 atom stereocenters. The van der Waals surface area contributed by atoms with Crippen molar-refractivity contribution in [3.8, 4) is 0 Å². The number of carbonyl (C=O) groups excluding carboxylic acids is 2. The Kier molecular flexibility index (Phi) is 6.66. The van der Waals surface area contributed by atoms with Crippen LogP contribution < -0.4 is 0 Å². The van der Waals surface area contributed by atoms with E-state index in [0.717, 1.165) is 0 Å². The maximum atomic E-state index is 11.1. The first-order valence-electron chi connectivity index (χ1n) is 4.51. The Morgan fingerprint density at radius 2 is 2.14 bits per heavy atom. The number of rotatable bonds is 7. The van der Waals surface area contributed by atoms with Gasteiger partial charge in [0, 0.05) is 0 Å². The maximum Gasteiger partial charge on any atom is 0.313 e. The van der Waals surface area contributed by atoms with Crippen molar-refractivity contribution in [2.24, 2.45) is 0 Å². The van der Waals surface area contributed by atoms with Gasteiger partial charge in [-0.1, -0.05) is 6.08 Å². The van der Waals surface area contributed by atoms with E-state index in [0.29, 0.717) is 0 Å². The van der Waals surface area contributed by atoms with Gasteiger partial charge in [-0.15, -0.1) is 6.58 Å². The molecule has 80 valence electrons. The molecule has 0 bridgehead atoms. The Morgan fingerprint density at radius 1 is 1.50 bits per heavy atom. The summed E-state index contributed by atoms with van der Waals surface area (Å²) in [6.45, 7) is 7.17. The Labute approximate surface area is 83.9 Å². The highest BCUT2D eigenvalue weighted by atomic mass is 16.5. The van der Waals surface area contributed by atoms with Crippen LogP contribution in [0.15, 0.2) is 12.7 Å². The van der Waals surface area contributed by atoms with E-state index in [4.69, 9.17) is 4.74 Å². The molecule has 0 spiro atoms. The number of hydrogen-bond donors (Lipinski definition) is 0. The van der Waals surface area contributed by atoms with Crippen LogP contribution in [0.2, 0.25) is 0 Å². The molecule has 0 N–H and O–H groups in total. The Bertz CT molecular complexity index is 210. The second kappa shape index (κ2) is 7.26. The van der Waals surface area contributed by atoms with Crippen LogP contribution in [-0.4, -0.2) is 31.1 Å². The molecule has 0 heterocycles. The fourth-order valence-corrected chi connectivity index (χ4v) is 0.716. The zero-order valence-electron chi connectivity index (χ0n) is 8.62. The molecule has 0 aromatic rings. The predicted molar refractivity (Wildman–Crippen MR) is 51.9 cm³/mol. The quantitative estimate of drug-likeness (QED) is 0.351. The molecular formula is C10H16O4. The lowest BCUT2D eigenvalue weighted by Crippen LogP contribution is -2.18. The Hall–Kier alpha value is -1.16. The molecule has 1 unspecified atom stereocenters. The van der Waals surface area contributed by atoms with E-state index < -0.39 is 5.97 Å². The molecule has 0 saturated heterocycles. The van der Waals surface area contributed by atoms with Gasteiger partial charge in [0.2, 0.25) is 0 Å². The van der Waals surface area contributed by atoms with Crippen molar-refractivity contribution >= 4 is 11.8 Å². The lowest BCUT2D eigenvalue weighted by molar-refractivity contribution is -0.146. The molecule has 0 aromatic heterocycles. The van der Waals surface area contributed by atoms with E-state index >= 15 is 0 Å². The number of esters is 1. The van der Waals surface area contributed by atoms with Crippen molar-refractivity contribution in [3.63, 3.8) is 0 Å². The second-order valence-electron chi connectivity index (χ2n) is 2.77. The predicted octanol–water partition coefficient (Wildman–Crippen LogP) is 1.10. The highest BCUT2D eigenvalue weighted by Crippen LogP contribution is 1.94. The van der Waals surface area contributed by atoms with Gasteiger partial charge in [-0.2, -0.15) is 0 Å². The average molecular weight is 200 g/mol. The van der Waals surface area contributed by atoms with Gasteiger partial charge in [0.15, 0.2) is 5.78 Å². The first-order chi connectivity index (χ1) is 6.60. The van der Waals surface area contributed by atoms with Gasteiger partial charge in [0.25, 0.3) is 0 Å². The van der Waals surface area contributed by atoms with Crippen molar-refractivity contribution in [2.45, 2.75) is 26.4 Å². The van der Waals surface area contributed by atoms with Gasteiger partial charge in [-0.05, 0) is 13.8 Å². The van der Waals surface area contributed by atoms with Crippen LogP contribution in [0, 0.1) is 0 Å². The van der Waals surface area contributed by atoms with Gasteiger partial charge >= 0.3 is 5.97 Å². The van der Waals surface area contributed by atoms with Crippen molar-refractivity contribution in [2.75, 3.05) is 13.2 Å². The highest BCUT2D eigenvalue weighted by molar-refractivity contribution is 5.96. The Morgan fingerprint density at radius 3 is 2.64 bits per heavy atom. The van der Waals surface area contributed by atoms with E-state index in [9.17, 15) is 9.59 Å². The third-order valence-corrected chi connectivity index (χ3v) is 1.49. The molecule has 0 aliphatic rings. The number of ether oxygens (including phenoxy) is 2. The normalized spacial score (nSPS) is 11.9. The summed E-state index contributed by atoms with van der Waals surface area (Å²) in [5, 5.41) is 0. The summed E-state index contributed by atoms with van der Waals surface area (Å²) >= 11 is 0. The summed E-state index contributed by atoms with van der Waals surface area (Å²) in [6.07, 6.45) is 1.18. The Balaban J connectivity index is 3.65. The lowest BCUT2D eigenvalue weighted by atomic mass is 10.3. The third-order valence-electron chi connectivity index (χ3n) is 1.49. The van der Waals surface area contributed by atoms with Gasteiger partial charge in [0.1, 0.15) is 13.0 Å². The topological polar surface area (TPSA) is 52.6 Å². The number of carbonyl (C=O) groups is 2. The van der Waals surface area contributed by atoms with Crippen molar-refractivity contribution in [3.05, 3.63) is 12.7 Å². The van der Waals surface area contributed by atoms with Crippen LogP contribution >= 0.6 is 0 Å². The van der Waals surface area contributed by atoms with E-state index in [-0.39, 0.29) is 31.5 Å². The number of hydrogen-bond acceptors (Lipinski definition) is 4. The minimum Gasteiger partial charge on any atom is -0.466 e. The molecule has 4 heteroatoms. The summed E-state index contributed by atoms with van der Waals surface area (Å²) in [6, 6.07) is 0. The number of Topliss-reactive ketones (excluding diaryl/α,β-unsaturated/α-hetero) is 1. The first-order valence-corrected chi connectivity index (χ1v) is 4.51. The summed E-state index contributed by atoms with van der Waals surface area (Å²) in [5.74, 6) is -0.787. The third kappa shape index (κ3) is 6.37. The van der Waals surface area contributed by atoms with Crippen molar-refractivity contribution in [1.29, 1.82) is 0 Å². The number of ketones is 1. The van der Waals surface area contributed by atoms with E-state index in [2.05, 4.69) is 11.3 Å². The lowest BCUT2D eigenvalue weighted by Gasteiger charge is -2.06. The van der Waals surface area contributed by atoms with E-state index in [1.54, 1.807) is 19.9 Å². The van der Waals surface area contributed by atoms with Gasteiger partial charge < -0.3 is 9.47 Å². The monoisotopic (exact) mass is 200 g/mol. The van der Waals surface area contributed by atoms with Crippen molar-refractivity contribution < 1.29 is 19.1 Å². The molecule has 0 aliphatic carbocycles. The zero-order chi connectivity index (χ0) is 11.0. The largest absolute Gasteiger partial charge is 0.466 e. The standard InChI is InChI=1S/C10H16O4/c1-4-8(3)14-7-9(11)6-10(12)13-5-2/h4,8H,1,5-7H2,2-3H3. The smallest absolute Gasteiger partial charge is 0.313 e. The summed E-state index contributed by atoms with van der Waals surface area (Å²) in [4.78, 5) is 21.9. The van der Waals surface area contributed by atoms with Crippen LogP contribution in [0.4, 0.5) is 0 Å². The highest BCUT2D eigenvalue weighted by Gasteiger charge is 2.10. The molecule has 4 nitrogen and oxygen atoms in total. The fourth-order valence-electron chi connectivity index (χ4n) is 0.716. The van der Waals surface area contributed by atoms with Gasteiger partial charge in [-0.25, -0.2) is 0 Å². The van der Waals surface area contributed by atoms with Crippen molar-refractivity contribution in [1.82, 2.24) is 0 Å². The minimum atomic E-state index is -0.507. The molecule has 0 rings (SSSR count). The summed E-state index contributed by atoms with van der Waals surface area (Å²) in [7, 11) is 0. The fraction of sp³-hybridized carbons (Fsp3) is 0.600. The first kappa shape index (κ1) is 12.8. The minimum absolute atomic E-state index is 0.0774. The molecule has 0 fully saturated rings. The van der Waals surface area contributed by atoms with E-state index in [1.807, 2.05) is 0 Å². The summed E-state index contributed by atoms with van der Waals surface area (Å²) in [5.41, 5.74) is 0. The SMILES string of the molecule is C=CC(C)OCC(=O)CC(=O)OCC. The van der Waals surface area contributed by atoms with Crippen LogP contribution in [-0.2, 0) is 19.1 Å².